The Balaban J connectivity index is 1.96. The normalized spacial score (nSPS) is 10.6. The Morgan fingerprint density at radius 2 is 2.18 bits per heavy atom. The number of nitrogens with zero attached hydrogens (tertiary/aromatic N) is 1. The minimum Gasteiger partial charge on any atom is -0.434 e. The number of halogens is 2. The van der Waals surface area contributed by atoms with Gasteiger partial charge < -0.3 is 15.4 Å². The summed E-state index contributed by atoms with van der Waals surface area (Å²) >= 11 is 1.50. The van der Waals surface area contributed by atoms with E-state index in [1.807, 2.05) is 12.3 Å². The molecule has 1 aromatic heterocycles. The molecule has 1 aromatic carbocycles. The number of urea groups is 1. The largest absolute Gasteiger partial charge is 0.434 e. The van der Waals surface area contributed by atoms with Crippen LogP contribution < -0.4 is 15.4 Å². The summed E-state index contributed by atoms with van der Waals surface area (Å²) in [4.78, 5) is 16.1. The van der Waals surface area contributed by atoms with E-state index in [1.54, 1.807) is 13.0 Å². The Morgan fingerprint density at radius 3 is 2.82 bits per heavy atom. The Morgan fingerprint density at radius 1 is 1.41 bits per heavy atom. The van der Waals surface area contributed by atoms with Gasteiger partial charge in [-0.15, -0.1) is 11.3 Å². The fourth-order valence-electron chi connectivity index (χ4n) is 1.80. The van der Waals surface area contributed by atoms with Crippen molar-refractivity contribution in [2.45, 2.75) is 27.0 Å². The number of hydrogen-bond acceptors (Lipinski definition) is 4. The summed E-state index contributed by atoms with van der Waals surface area (Å²) < 4.78 is 28.9. The van der Waals surface area contributed by atoms with Gasteiger partial charge in [-0.3, -0.25) is 0 Å². The Bertz CT molecular complexity index is 661. The van der Waals surface area contributed by atoms with Gasteiger partial charge in [0.2, 0.25) is 0 Å². The lowest BCUT2D eigenvalue weighted by Crippen LogP contribution is -2.28. The summed E-state index contributed by atoms with van der Waals surface area (Å²) in [6.45, 7) is 0.863. The van der Waals surface area contributed by atoms with Crippen molar-refractivity contribution in [1.82, 2.24) is 10.3 Å². The number of aromatic nitrogens is 1. The standard InChI is InChI=1S/C14H15F2N3O2S/c1-8-11(4-3-5-12(8)21-13(15)16)19-14(20)17-6-10-7-22-9(2)18-10/h3-5,7,13H,6H2,1-2H3,(H2,17,19,20). The molecule has 0 atom stereocenters. The van der Waals surface area contributed by atoms with Crippen LogP contribution in [0.2, 0.25) is 0 Å². The molecule has 0 radical (unpaired) electrons. The molecule has 0 saturated heterocycles. The summed E-state index contributed by atoms with van der Waals surface area (Å²) in [5, 5.41) is 8.04. The number of aryl methyl sites for hydroxylation is 1. The number of alkyl halides is 2. The van der Waals surface area contributed by atoms with Gasteiger partial charge in [0.25, 0.3) is 0 Å². The molecule has 22 heavy (non-hydrogen) atoms. The number of benzene rings is 1. The van der Waals surface area contributed by atoms with E-state index in [0.29, 0.717) is 17.8 Å². The highest BCUT2D eigenvalue weighted by molar-refractivity contribution is 7.09. The van der Waals surface area contributed by atoms with Crippen molar-refractivity contribution in [2.75, 3.05) is 5.32 Å². The van der Waals surface area contributed by atoms with Gasteiger partial charge in [0.1, 0.15) is 5.75 Å². The average molecular weight is 327 g/mol. The van der Waals surface area contributed by atoms with Gasteiger partial charge in [-0.05, 0) is 26.0 Å². The van der Waals surface area contributed by atoms with E-state index in [1.165, 1.54) is 23.5 Å². The quantitative estimate of drug-likeness (QED) is 0.880. The summed E-state index contributed by atoms with van der Waals surface area (Å²) in [5.41, 5.74) is 1.61. The Labute approximate surface area is 130 Å². The van der Waals surface area contributed by atoms with Crippen molar-refractivity contribution in [3.63, 3.8) is 0 Å². The molecule has 0 saturated carbocycles. The average Bonchev–Trinajstić information content (AvgIpc) is 2.86. The maximum Gasteiger partial charge on any atom is 0.387 e. The monoisotopic (exact) mass is 327 g/mol. The fourth-order valence-corrected chi connectivity index (χ4v) is 2.41. The van der Waals surface area contributed by atoms with Crippen molar-refractivity contribution in [1.29, 1.82) is 0 Å². The lowest BCUT2D eigenvalue weighted by atomic mass is 10.2. The lowest BCUT2D eigenvalue weighted by Gasteiger charge is -2.13. The van der Waals surface area contributed by atoms with Gasteiger partial charge in [-0.2, -0.15) is 8.78 Å². The van der Waals surface area contributed by atoms with E-state index in [4.69, 9.17) is 0 Å². The molecule has 118 valence electrons. The van der Waals surface area contributed by atoms with Gasteiger partial charge >= 0.3 is 12.6 Å². The summed E-state index contributed by atoms with van der Waals surface area (Å²) in [5.74, 6) is 0.0305. The van der Waals surface area contributed by atoms with Gasteiger partial charge in [0.15, 0.2) is 0 Å². The third-order valence-corrected chi connectivity index (χ3v) is 3.67. The number of anilines is 1. The van der Waals surface area contributed by atoms with Crippen LogP contribution in [-0.2, 0) is 6.54 Å². The van der Waals surface area contributed by atoms with Crippen LogP contribution in [0.25, 0.3) is 0 Å². The highest BCUT2D eigenvalue weighted by Gasteiger charge is 2.12. The molecule has 0 fully saturated rings. The molecule has 5 nitrogen and oxygen atoms in total. The molecular weight excluding hydrogens is 312 g/mol. The molecule has 2 amide bonds. The third-order valence-electron chi connectivity index (χ3n) is 2.84. The van der Waals surface area contributed by atoms with Gasteiger partial charge in [0.05, 0.1) is 17.2 Å². The first-order valence-electron chi connectivity index (χ1n) is 6.46. The number of hydrogen-bond donors (Lipinski definition) is 2. The molecule has 0 unspecified atom stereocenters. The van der Waals surface area contributed by atoms with E-state index < -0.39 is 12.6 Å². The zero-order valence-electron chi connectivity index (χ0n) is 12.0. The number of carbonyl (C=O) groups is 1. The lowest BCUT2D eigenvalue weighted by molar-refractivity contribution is -0.0502. The van der Waals surface area contributed by atoms with E-state index in [2.05, 4.69) is 20.4 Å². The second-order valence-electron chi connectivity index (χ2n) is 4.47. The van der Waals surface area contributed by atoms with Crippen molar-refractivity contribution in [2.24, 2.45) is 0 Å². The van der Waals surface area contributed by atoms with Crippen LogP contribution in [0.1, 0.15) is 16.3 Å². The second-order valence-corrected chi connectivity index (χ2v) is 5.53. The van der Waals surface area contributed by atoms with Crippen LogP contribution in [0.5, 0.6) is 5.75 Å². The molecule has 2 aromatic rings. The van der Waals surface area contributed by atoms with Gasteiger partial charge in [-0.1, -0.05) is 6.07 Å². The number of nitrogens with one attached hydrogen (secondary N) is 2. The molecular formula is C14H15F2N3O2S. The number of carbonyl (C=O) groups excluding carboxylic acids is 1. The van der Waals surface area contributed by atoms with E-state index in [9.17, 15) is 13.6 Å². The number of ether oxygens (including phenoxy) is 1. The SMILES string of the molecule is Cc1nc(CNC(=O)Nc2cccc(OC(F)F)c2C)cs1. The Hall–Kier alpha value is -2.22. The van der Waals surface area contributed by atoms with Gasteiger partial charge in [0, 0.05) is 16.6 Å². The minimum absolute atomic E-state index is 0.0305. The zero-order valence-corrected chi connectivity index (χ0v) is 12.8. The molecule has 1 heterocycles. The van der Waals surface area contributed by atoms with E-state index in [0.717, 1.165) is 10.7 Å². The molecule has 0 bridgehead atoms. The Kier molecular flexibility index (Phi) is 5.26. The maximum absolute atomic E-state index is 12.3. The van der Waals surface area contributed by atoms with Crippen LogP contribution in [0, 0.1) is 13.8 Å². The van der Waals surface area contributed by atoms with Crippen molar-refractivity contribution < 1.29 is 18.3 Å². The first-order chi connectivity index (χ1) is 10.5. The van der Waals surface area contributed by atoms with Crippen molar-refractivity contribution in [3.8, 4) is 5.75 Å². The predicted molar refractivity (Wildman–Crippen MR) is 80.5 cm³/mol. The number of thiazole rings is 1. The molecule has 0 aliphatic heterocycles. The highest BCUT2D eigenvalue weighted by atomic mass is 32.1. The summed E-state index contributed by atoms with van der Waals surface area (Å²) in [6.07, 6.45) is 0. The predicted octanol–water partition coefficient (Wildman–Crippen LogP) is 3.68. The van der Waals surface area contributed by atoms with Crippen LogP contribution >= 0.6 is 11.3 Å². The minimum atomic E-state index is -2.91. The number of rotatable bonds is 5. The topological polar surface area (TPSA) is 63.2 Å². The smallest absolute Gasteiger partial charge is 0.387 e. The highest BCUT2D eigenvalue weighted by Crippen LogP contribution is 2.26. The van der Waals surface area contributed by atoms with Crippen LogP contribution in [0.4, 0.5) is 19.3 Å². The third kappa shape index (κ3) is 4.39. The summed E-state index contributed by atoms with van der Waals surface area (Å²) in [6, 6.07) is 4.12. The zero-order chi connectivity index (χ0) is 16.1. The molecule has 0 spiro atoms. The molecule has 0 aliphatic rings. The molecule has 0 aliphatic carbocycles. The maximum atomic E-state index is 12.3. The fraction of sp³-hybridized carbons (Fsp3) is 0.286. The molecule has 8 heteroatoms. The van der Waals surface area contributed by atoms with Crippen molar-refractivity contribution in [3.05, 3.63) is 39.8 Å². The van der Waals surface area contributed by atoms with Gasteiger partial charge in [-0.25, -0.2) is 9.78 Å². The second kappa shape index (κ2) is 7.17. The number of amides is 2. The van der Waals surface area contributed by atoms with Crippen LogP contribution in [-0.4, -0.2) is 17.6 Å². The first kappa shape index (κ1) is 16.2. The summed E-state index contributed by atoms with van der Waals surface area (Å²) in [7, 11) is 0. The van der Waals surface area contributed by atoms with Crippen LogP contribution in [0.3, 0.4) is 0 Å². The molecule has 2 N–H and O–H groups in total. The van der Waals surface area contributed by atoms with E-state index in [-0.39, 0.29) is 5.75 Å². The van der Waals surface area contributed by atoms with Crippen LogP contribution in [0.15, 0.2) is 23.6 Å². The first-order valence-corrected chi connectivity index (χ1v) is 7.34. The molecule has 2 rings (SSSR count). The van der Waals surface area contributed by atoms with Crippen molar-refractivity contribution >= 4 is 23.1 Å². The van der Waals surface area contributed by atoms with E-state index >= 15 is 0 Å².